The van der Waals surface area contributed by atoms with Gasteiger partial charge in [-0.3, -0.25) is 4.79 Å². The zero-order chi connectivity index (χ0) is 13.8. The molecule has 19 heavy (non-hydrogen) atoms. The Labute approximate surface area is 113 Å². The summed E-state index contributed by atoms with van der Waals surface area (Å²) < 4.78 is 13.0. The third-order valence-electron chi connectivity index (χ3n) is 2.32. The number of anilines is 1. The third kappa shape index (κ3) is 3.06. The van der Waals surface area contributed by atoms with Gasteiger partial charge in [0, 0.05) is 5.69 Å². The van der Waals surface area contributed by atoms with Gasteiger partial charge in [-0.2, -0.15) is 5.26 Å². The summed E-state index contributed by atoms with van der Waals surface area (Å²) in [5, 5.41) is 11.1. The molecule has 4 nitrogen and oxygen atoms in total. The third-order valence-corrected chi connectivity index (χ3v) is 2.62. The molecule has 0 fully saturated rings. The molecular weight excluding hydrogens is 269 g/mol. The number of nitrogens with zero attached hydrogens (tertiary/aromatic N) is 2. The Morgan fingerprint density at radius 1 is 1.37 bits per heavy atom. The molecule has 0 aliphatic heterocycles. The smallest absolute Gasteiger partial charge is 0.258 e. The van der Waals surface area contributed by atoms with E-state index < -0.39 is 11.7 Å². The van der Waals surface area contributed by atoms with Gasteiger partial charge in [-0.25, -0.2) is 9.37 Å². The number of nitriles is 1. The van der Waals surface area contributed by atoms with Crippen molar-refractivity contribution in [3.8, 4) is 6.07 Å². The highest BCUT2D eigenvalue weighted by atomic mass is 35.5. The highest BCUT2D eigenvalue weighted by Crippen LogP contribution is 2.16. The van der Waals surface area contributed by atoms with E-state index in [9.17, 15) is 9.18 Å². The molecule has 1 N–H and O–H groups in total. The number of carbonyl (C=O) groups is 1. The summed E-state index contributed by atoms with van der Waals surface area (Å²) in [6, 6.07) is 9.22. The number of rotatable bonds is 2. The molecule has 94 valence electrons. The molecule has 1 aromatic heterocycles. The van der Waals surface area contributed by atoms with Gasteiger partial charge >= 0.3 is 0 Å². The Kier molecular flexibility index (Phi) is 3.74. The molecule has 0 aliphatic rings. The number of aromatic nitrogens is 1. The second-order valence-electron chi connectivity index (χ2n) is 3.64. The molecule has 1 aromatic carbocycles. The maximum atomic E-state index is 13.0. The van der Waals surface area contributed by atoms with E-state index in [1.807, 2.05) is 6.07 Å². The van der Waals surface area contributed by atoms with Gasteiger partial charge in [-0.05, 0) is 30.3 Å². The van der Waals surface area contributed by atoms with E-state index in [0.29, 0.717) is 11.3 Å². The Balaban J connectivity index is 2.21. The molecule has 1 amide bonds. The van der Waals surface area contributed by atoms with Crippen LogP contribution in [0.1, 0.15) is 15.9 Å². The van der Waals surface area contributed by atoms with E-state index in [0.717, 1.165) is 12.3 Å². The quantitative estimate of drug-likeness (QED) is 0.857. The number of nitrogens with one attached hydrogen (secondary N) is 1. The first-order valence-electron chi connectivity index (χ1n) is 5.22. The largest absolute Gasteiger partial charge is 0.322 e. The highest BCUT2D eigenvalue weighted by Gasteiger charge is 2.12. The van der Waals surface area contributed by atoms with E-state index in [1.54, 1.807) is 24.3 Å². The first kappa shape index (κ1) is 13.0. The number of pyridine rings is 1. The molecule has 2 rings (SSSR count). The van der Waals surface area contributed by atoms with Gasteiger partial charge in [0.15, 0.2) is 0 Å². The molecule has 0 unspecified atom stereocenters. The number of hydrogen-bond donors (Lipinski definition) is 1. The molecule has 0 spiro atoms. The lowest BCUT2D eigenvalue weighted by Crippen LogP contribution is -2.13. The van der Waals surface area contributed by atoms with Crippen LogP contribution >= 0.6 is 11.6 Å². The maximum Gasteiger partial charge on any atom is 0.258 e. The fraction of sp³-hybridized carbons (Fsp3) is 0. The average molecular weight is 276 g/mol. The van der Waals surface area contributed by atoms with E-state index in [2.05, 4.69) is 10.3 Å². The number of benzene rings is 1. The van der Waals surface area contributed by atoms with Crippen LogP contribution in [0.25, 0.3) is 0 Å². The van der Waals surface area contributed by atoms with Crippen LogP contribution in [-0.2, 0) is 0 Å². The summed E-state index contributed by atoms with van der Waals surface area (Å²) in [6.45, 7) is 0. The average Bonchev–Trinajstić information content (AvgIpc) is 2.42. The summed E-state index contributed by atoms with van der Waals surface area (Å²) in [4.78, 5) is 15.4. The van der Waals surface area contributed by atoms with Crippen molar-refractivity contribution in [2.24, 2.45) is 0 Å². The summed E-state index contributed by atoms with van der Waals surface area (Å²) in [6.07, 6.45) is 0.931. The van der Waals surface area contributed by atoms with Crippen molar-refractivity contribution in [1.82, 2.24) is 4.98 Å². The van der Waals surface area contributed by atoms with E-state index >= 15 is 0 Å². The van der Waals surface area contributed by atoms with Crippen LogP contribution < -0.4 is 5.32 Å². The summed E-state index contributed by atoms with van der Waals surface area (Å²) in [7, 11) is 0. The molecule has 0 saturated heterocycles. The topological polar surface area (TPSA) is 65.8 Å². The minimum absolute atomic E-state index is 0.0500. The van der Waals surface area contributed by atoms with Crippen LogP contribution in [0.2, 0.25) is 5.15 Å². The van der Waals surface area contributed by atoms with Crippen molar-refractivity contribution < 1.29 is 9.18 Å². The molecular formula is C13H7ClFN3O. The molecule has 2 aromatic rings. The van der Waals surface area contributed by atoms with Crippen LogP contribution in [0.15, 0.2) is 36.5 Å². The van der Waals surface area contributed by atoms with Crippen LogP contribution in [0, 0.1) is 17.1 Å². The minimum atomic E-state index is -0.644. The predicted molar refractivity (Wildman–Crippen MR) is 68.3 cm³/mol. The number of amides is 1. The Bertz CT molecular complexity index is 665. The van der Waals surface area contributed by atoms with Gasteiger partial charge in [-0.1, -0.05) is 11.6 Å². The van der Waals surface area contributed by atoms with E-state index in [4.69, 9.17) is 16.9 Å². The van der Waals surface area contributed by atoms with E-state index in [-0.39, 0.29) is 10.7 Å². The van der Waals surface area contributed by atoms with Crippen LogP contribution in [0.5, 0.6) is 0 Å². The monoisotopic (exact) mass is 275 g/mol. The van der Waals surface area contributed by atoms with Crippen molar-refractivity contribution in [1.29, 1.82) is 5.26 Å². The van der Waals surface area contributed by atoms with Gasteiger partial charge < -0.3 is 5.32 Å². The number of halogens is 2. The highest BCUT2D eigenvalue weighted by molar-refractivity contribution is 6.33. The van der Waals surface area contributed by atoms with Crippen molar-refractivity contribution in [2.75, 3.05) is 5.32 Å². The minimum Gasteiger partial charge on any atom is -0.322 e. The van der Waals surface area contributed by atoms with Crippen molar-refractivity contribution in [3.05, 3.63) is 58.6 Å². The molecule has 0 aliphatic carbocycles. The molecule has 1 heterocycles. The van der Waals surface area contributed by atoms with E-state index in [1.165, 1.54) is 0 Å². The predicted octanol–water partition coefficient (Wildman–Crippen LogP) is 3.00. The first-order valence-corrected chi connectivity index (χ1v) is 5.60. The standard InChI is InChI=1S/C13H7ClFN3O/c14-12-11(5-9(15)7-17-12)13(19)18-10-3-1-8(6-16)2-4-10/h1-5,7H,(H,18,19). The van der Waals surface area contributed by atoms with Crippen LogP contribution in [0.4, 0.5) is 10.1 Å². The Morgan fingerprint density at radius 2 is 2.05 bits per heavy atom. The first-order chi connectivity index (χ1) is 9.10. The lowest BCUT2D eigenvalue weighted by Gasteiger charge is -2.06. The fourth-order valence-corrected chi connectivity index (χ4v) is 1.60. The molecule has 0 bridgehead atoms. The van der Waals surface area contributed by atoms with Gasteiger partial charge in [0.2, 0.25) is 0 Å². The van der Waals surface area contributed by atoms with Crippen molar-refractivity contribution in [2.45, 2.75) is 0 Å². The van der Waals surface area contributed by atoms with Gasteiger partial charge in [0.05, 0.1) is 23.4 Å². The second kappa shape index (κ2) is 5.46. The zero-order valence-corrected chi connectivity index (χ0v) is 10.3. The second-order valence-corrected chi connectivity index (χ2v) is 3.99. The molecule has 0 radical (unpaired) electrons. The molecule has 0 atom stereocenters. The summed E-state index contributed by atoms with van der Waals surface area (Å²) in [5.41, 5.74) is 0.902. The summed E-state index contributed by atoms with van der Waals surface area (Å²) in [5.74, 6) is -1.21. The lowest BCUT2D eigenvalue weighted by molar-refractivity contribution is 0.102. The number of carbonyl (C=O) groups excluding carboxylic acids is 1. The summed E-state index contributed by atoms with van der Waals surface area (Å²) >= 11 is 5.72. The van der Waals surface area contributed by atoms with Crippen molar-refractivity contribution >= 4 is 23.2 Å². The van der Waals surface area contributed by atoms with Gasteiger partial charge in [0.25, 0.3) is 5.91 Å². The Hall–Kier alpha value is -2.45. The molecule has 6 heteroatoms. The fourth-order valence-electron chi connectivity index (χ4n) is 1.41. The van der Waals surface area contributed by atoms with Crippen molar-refractivity contribution in [3.63, 3.8) is 0 Å². The SMILES string of the molecule is N#Cc1ccc(NC(=O)c2cc(F)cnc2Cl)cc1. The lowest BCUT2D eigenvalue weighted by atomic mass is 10.2. The maximum absolute atomic E-state index is 13.0. The molecule has 0 saturated carbocycles. The Morgan fingerprint density at radius 3 is 2.68 bits per heavy atom. The van der Waals surface area contributed by atoms with Crippen LogP contribution in [0.3, 0.4) is 0 Å². The van der Waals surface area contributed by atoms with Gasteiger partial charge in [0.1, 0.15) is 11.0 Å². The normalized spacial score (nSPS) is 9.74. The van der Waals surface area contributed by atoms with Gasteiger partial charge in [-0.15, -0.1) is 0 Å². The van der Waals surface area contributed by atoms with Crippen LogP contribution in [-0.4, -0.2) is 10.9 Å². The zero-order valence-electron chi connectivity index (χ0n) is 9.52. The number of hydrogen-bond acceptors (Lipinski definition) is 3.